The number of hydrogen-bond donors (Lipinski definition) is 2. The van der Waals surface area contributed by atoms with Crippen molar-refractivity contribution in [2.24, 2.45) is 0 Å². The van der Waals surface area contributed by atoms with Gasteiger partial charge in [0.2, 0.25) is 0 Å². The molecule has 3 rings (SSSR count). The molecular formula is C22H24N4. The minimum Gasteiger partial charge on any atom is -0.383 e. The number of nitrogen functional groups attached to an aromatic ring is 1. The SMILES string of the molecule is CCc1cccc(/C=C/c2c(N)ncnc2NC(C)c2ccccc2)c1. The van der Waals surface area contributed by atoms with Crippen LogP contribution in [0.5, 0.6) is 0 Å². The van der Waals surface area contributed by atoms with E-state index in [4.69, 9.17) is 5.73 Å². The molecule has 3 aromatic rings. The second kappa shape index (κ2) is 8.30. The van der Waals surface area contributed by atoms with E-state index in [9.17, 15) is 0 Å². The van der Waals surface area contributed by atoms with Gasteiger partial charge in [-0.2, -0.15) is 0 Å². The summed E-state index contributed by atoms with van der Waals surface area (Å²) in [4.78, 5) is 8.54. The Hall–Kier alpha value is -3.14. The van der Waals surface area contributed by atoms with Crippen molar-refractivity contribution in [2.75, 3.05) is 11.1 Å². The quantitative estimate of drug-likeness (QED) is 0.663. The second-order valence-electron chi connectivity index (χ2n) is 6.23. The lowest BCUT2D eigenvalue weighted by atomic mass is 10.1. The van der Waals surface area contributed by atoms with Gasteiger partial charge >= 0.3 is 0 Å². The molecule has 4 heteroatoms. The largest absolute Gasteiger partial charge is 0.383 e. The smallest absolute Gasteiger partial charge is 0.139 e. The average molecular weight is 344 g/mol. The Bertz CT molecular complexity index is 888. The van der Waals surface area contributed by atoms with Gasteiger partial charge in [-0.25, -0.2) is 9.97 Å². The van der Waals surface area contributed by atoms with Gasteiger partial charge in [-0.1, -0.05) is 67.6 Å². The summed E-state index contributed by atoms with van der Waals surface area (Å²) in [6.07, 6.45) is 6.53. The van der Waals surface area contributed by atoms with Crippen LogP contribution >= 0.6 is 0 Å². The maximum atomic E-state index is 6.11. The molecule has 0 saturated carbocycles. The van der Waals surface area contributed by atoms with Crippen LogP contribution < -0.4 is 11.1 Å². The number of hydrogen-bond acceptors (Lipinski definition) is 4. The molecule has 0 spiro atoms. The van der Waals surface area contributed by atoms with Crippen LogP contribution in [0, 0.1) is 0 Å². The van der Waals surface area contributed by atoms with Crippen LogP contribution in [0.3, 0.4) is 0 Å². The zero-order valence-corrected chi connectivity index (χ0v) is 15.2. The van der Waals surface area contributed by atoms with Crippen molar-refractivity contribution in [1.29, 1.82) is 0 Å². The van der Waals surface area contributed by atoms with E-state index in [2.05, 4.69) is 65.5 Å². The number of nitrogens with zero attached hydrogens (tertiary/aromatic N) is 2. The maximum absolute atomic E-state index is 6.11. The molecule has 1 unspecified atom stereocenters. The Morgan fingerprint density at radius 2 is 1.85 bits per heavy atom. The molecule has 0 fully saturated rings. The van der Waals surface area contributed by atoms with Crippen molar-refractivity contribution in [1.82, 2.24) is 9.97 Å². The van der Waals surface area contributed by atoms with E-state index in [1.54, 1.807) is 0 Å². The van der Waals surface area contributed by atoms with Crippen molar-refractivity contribution in [3.05, 3.63) is 83.2 Å². The summed E-state index contributed by atoms with van der Waals surface area (Å²) in [5.41, 5.74) is 10.5. The predicted octanol–water partition coefficient (Wildman–Crippen LogP) is 4.96. The first kappa shape index (κ1) is 17.7. The number of aryl methyl sites for hydroxylation is 1. The third kappa shape index (κ3) is 4.28. The second-order valence-corrected chi connectivity index (χ2v) is 6.23. The minimum absolute atomic E-state index is 0.112. The zero-order valence-electron chi connectivity index (χ0n) is 15.2. The summed E-state index contributed by atoms with van der Waals surface area (Å²) in [5.74, 6) is 1.20. The lowest BCUT2D eigenvalue weighted by Crippen LogP contribution is -2.10. The third-order valence-electron chi connectivity index (χ3n) is 4.37. The summed E-state index contributed by atoms with van der Waals surface area (Å²) >= 11 is 0. The third-order valence-corrected chi connectivity index (χ3v) is 4.37. The predicted molar refractivity (Wildman–Crippen MR) is 110 cm³/mol. The van der Waals surface area contributed by atoms with E-state index in [1.165, 1.54) is 17.5 Å². The topological polar surface area (TPSA) is 63.8 Å². The lowest BCUT2D eigenvalue weighted by molar-refractivity contribution is 0.871. The molecule has 2 aromatic carbocycles. The summed E-state index contributed by atoms with van der Waals surface area (Å²) in [5, 5.41) is 3.44. The molecule has 1 aromatic heterocycles. The highest BCUT2D eigenvalue weighted by atomic mass is 15.1. The minimum atomic E-state index is 0.112. The van der Waals surface area contributed by atoms with E-state index in [0.29, 0.717) is 5.82 Å². The molecule has 3 N–H and O–H groups in total. The van der Waals surface area contributed by atoms with E-state index >= 15 is 0 Å². The van der Waals surface area contributed by atoms with E-state index in [-0.39, 0.29) is 6.04 Å². The molecule has 0 saturated heterocycles. The van der Waals surface area contributed by atoms with Gasteiger partial charge in [0.15, 0.2) is 0 Å². The monoisotopic (exact) mass is 344 g/mol. The van der Waals surface area contributed by atoms with Crippen molar-refractivity contribution >= 4 is 23.8 Å². The normalized spacial score (nSPS) is 12.2. The molecule has 0 radical (unpaired) electrons. The molecule has 1 heterocycles. The van der Waals surface area contributed by atoms with Crippen molar-refractivity contribution in [2.45, 2.75) is 26.3 Å². The Balaban J connectivity index is 1.86. The standard InChI is InChI=1S/C22H24N4/c1-3-17-8-7-9-18(14-17)12-13-20-21(23)24-15-25-22(20)26-16(2)19-10-5-4-6-11-19/h4-16H,3H2,1-2H3,(H3,23,24,25,26)/b13-12+. The first-order valence-electron chi connectivity index (χ1n) is 8.86. The van der Waals surface area contributed by atoms with E-state index in [0.717, 1.165) is 23.4 Å². The van der Waals surface area contributed by atoms with Crippen molar-refractivity contribution in [3.8, 4) is 0 Å². The van der Waals surface area contributed by atoms with Crippen LogP contribution in [0.25, 0.3) is 12.2 Å². The highest BCUT2D eigenvalue weighted by molar-refractivity contribution is 5.80. The van der Waals surface area contributed by atoms with Crippen LogP contribution in [-0.2, 0) is 6.42 Å². The fourth-order valence-corrected chi connectivity index (χ4v) is 2.81. The molecule has 0 aliphatic rings. The maximum Gasteiger partial charge on any atom is 0.139 e. The number of rotatable bonds is 6. The molecule has 0 aliphatic carbocycles. The summed E-state index contributed by atoms with van der Waals surface area (Å²) in [7, 11) is 0. The summed E-state index contributed by atoms with van der Waals surface area (Å²) < 4.78 is 0. The van der Waals surface area contributed by atoms with Gasteiger partial charge in [-0.05, 0) is 36.1 Å². The number of anilines is 2. The first-order chi connectivity index (χ1) is 12.7. The number of nitrogens with one attached hydrogen (secondary N) is 1. The molecule has 0 aliphatic heterocycles. The molecular weight excluding hydrogens is 320 g/mol. The molecule has 132 valence electrons. The number of aromatic nitrogens is 2. The van der Waals surface area contributed by atoms with Crippen LogP contribution in [0.4, 0.5) is 11.6 Å². The number of benzene rings is 2. The summed E-state index contributed by atoms with van der Waals surface area (Å²) in [6, 6.07) is 18.8. The van der Waals surface area contributed by atoms with Gasteiger partial charge in [-0.3, -0.25) is 0 Å². The zero-order chi connectivity index (χ0) is 18.4. The fourth-order valence-electron chi connectivity index (χ4n) is 2.81. The van der Waals surface area contributed by atoms with Crippen LogP contribution in [0.1, 0.15) is 42.1 Å². The van der Waals surface area contributed by atoms with Crippen molar-refractivity contribution < 1.29 is 0 Å². The van der Waals surface area contributed by atoms with E-state index in [1.807, 2.05) is 30.4 Å². The first-order valence-corrected chi connectivity index (χ1v) is 8.86. The van der Waals surface area contributed by atoms with E-state index < -0.39 is 0 Å². The van der Waals surface area contributed by atoms with Gasteiger partial charge in [0, 0.05) is 6.04 Å². The Morgan fingerprint density at radius 3 is 2.62 bits per heavy atom. The van der Waals surface area contributed by atoms with Gasteiger partial charge in [0.25, 0.3) is 0 Å². The number of nitrogens with two attached hydrogens (primary N) is 1. The Labute approximate surface area is 154 Å². The van der Waals surface area contributed by atoms with Gasteiger partial charge in [0.05, 0.1) is 5.56 Å². The molecule has 4 nitrogen and oxygen atoms in total. The highest BCUT2D eigenvalue weighted by Crippen LogP contribution is 2.25. The van der Waals surface area contributed by atoms with Crippen LogP contribution in [-0.4, -0.2) is 9.97 Å². The van der Waals surface area contributed by atoms with Crippen molar-refractivity contribution in [3.63, 3.8) is 0 Å². The molecule has 26 heavy (non-hydrogen) atoms. The van der Waals surface area contributed by atoms with Crippen LogP contribution in [0.2, 0.25) is 0 Å². The lowest BCUT2D eigenvalue weighted by Gasteiger charge is -2.17. The fraction of sp³-hybridized carbons (Fsp3) is 0.182. The van der Waals surface area contributed by atoms with Gasteiger partial charge in [-0.15, -0.1) is 0 Å². The summed E-state index contributed by atoms with van der Waals surface area (Å²) in [6.45, 7) is 4.25. The van der Waals surface area contributed by atoms with Gasteiger partial charge in [0.1, 0.15) is 18.0 Å². The molecule has 1 atom stereocenters. The molecule has 0 bridgehead atoms. The Morgan fingerprint density at radius 1 is 1.04 bits per heavy atom. The molecule has 0 amide bonds. The highest BCUT2D eigenvalue weighted by Gasteiger charge is 2.11. The van der Waals surface area contributed by atoms with Crippen LogP contribution in [0.15, 0.2) is 60.9 Å². The van der Waals surface area contributed by atoms with Gasteiger partial charge < -0.3 is 11.1 Å². The Kier molecular flexibility index (Phi) is 5.64. The average Bonchev–Trinajstić information content (AvgIpc) is 2.68.